The van der Waals surface area contributed by atoms with Crippen molar-refractivity contribution in [3.8, 4) is 11.8 Å². The smallest absolute Gasteiger partial charge is 0.186 e. The summed E-state index contributed by atoms with van der Waals surface area (Å²) in [6, 6.07) is 14.2. The Hall–Kier alpha value is -1.34. The van der Waals surface area contributed by atoms with Gasteiger partial charge in [-0.2, -0.15) is 0 Å². The third kappa shape index (κ3) is 4.07. The predicted molar refractivity (Wildman–Crippen MR) is 89.4 cm³/mol. The molecule has 0 aliphatic rings. The summed E-state index contributed by atoms with van der Waals surface area (Å²) in [5.41, 5.74) is 0.503. The Kier molecular flexibility index (Phi) is 4.49. The van der Waals surface area contributed by atoms with Crippen LogP contribution in [0.15, 0.2) is 47.8 Å². The number of benzene rings is 1. The van der Waals surface area contributed by atoms with Crippen LogP contribution in [-0.2, 0) is 10.0 Å². The number of hydrogen-bond donors (Lipinski definition) is 0. The molecule has 20 heavy (non-hydrogen) atoms. The van der Waals surface area contributed by atoms with Crippen molar-refractivity contribution < 1.29 is 4.43 Å². The fraction of sp³-hybridized carbons (Fsp3) is 0.294. The van der Waals surface area contributed by atoms with Crippen molar-refractivity contribution in [3.05, 3.63) is 58.3 Å². The zero-order valence-corrected chi connectivity index (χ0v) is 14.3. The van der Waals surface area contributed by atoms with E-state index in [1.54, 1.807) is 11.3 Å². The van der Waals surface area contributed by atoms with Crippen LogP contribution in [0.5, 0.6) is 0 Å². The van der Waals surface area contributed by atoms with Crippen LogP contribution in [0.25, 0.3) is 0 Å². The molecular formula is C17H20OSSi. The summed E-state index contributed by atoms with van der Waals surface area (Å²) in [6.45, 7) is 8.67. The highest BCUT2D eigenvalue weighted by molar-refractivity contribution is 7.10. The van der Waals surface area contributed by atoms with E-state index in [1.807, 2.05) is 30.3 Å². The van der Waals surface area contributed by atoms with E-state index in [1.165, 1.54) is 4.88 Å². The molecule has 2 rings (SSSR count). The van der Waals surface area contributed by atoms with E-state index in [2.05, 4.69) is 55.9 Å². The Bertz CT molecular complexity index is 602. The van der Waals surface area contributed by atoms with Gasteiger partial charge >= 0.3 is 0 Å². The molecular weight excluding hydrogens is 280 g/mol. The minimum atomic E-state index is -1.68. The van der Waals surface area contributed by atoms with Crippen LogP contribution < -0.4 is 0 Å². The monoisotopic (exact) mass is 300 g/mol. The van der Waals surface area contributed by atoms with Crippen LogP contribution in [0.4, 0.5) is 0 Å². The summed E-state index contributed by atoms with van der Waals surface area (Å²) < 4.78 is 6.37. The average Bonchev–Trinajstić information content (AvgIpc) is 2.90. The van der Waals surface area contributed by atoms with Crippen molar-refractivity contribution in [3.63, 3.8) is 0 Å². The van der Waals surface area contributed by atoms with Gasteiger partial charge in [0.1, 0.15) is 0 Å². The molecule has 0 saturated heterocycles. The standard InChI is InChI=1S/C17H20OSSi/c1-17(18-20(2,3)4,16-11-8-14-19-16)13-12-15-9-6-5-7-10-15/h5-11,14H,1-4H3. The van der Waals surface area contributed by atoms with Crippen molar-refractivity contribution in [1.82, 2.24) is 0 Å². The highest BCUT2D eigenvalue weighted by atomic mass is 32.1. The zero-order chi connectivity index (χ0) is 14.6. The van der Waals surface area contributed by atoms with Crippen LogP contribution in [0, 0.1) is 11.8 Å². The van der Waals surface area contributed by atoms with Crippen molar-refractivity contribution in [2.75, 3.05) is 0 Å². The van der Waals surface area contributed by atoms with E-state index in [0.29, 0.717) is 0 Å². The lowest BCUT2D eigenvalue weighted by molar-refractivity contribution is 0.147. The van der Waals surface area contributed by atoms with Crippen molar-refractivity contribution in [2.24, 2.45) is 0 Å². The lowest BCUT2D eigenvalue weighted by atomic mass is 10.1. The van der Waals surface area contributed by atoms with Crippen LogP contribution in [0.1, 0.15) is 17.4 Å². The fourth-order valence-electron chi connectivity index (χ4n) is 2.01. The SMILES string of the molecule is CC(C#Cc1ccccc1)(O[Si](C)(C)C)c1cccs1. The molecule has 1 nitrogen and oxygen atoms in total. The predicted octanol–water partition coefficient (Wildman–Crippen LogP) is 4.87. The van der Waals surface area contributed by atoms with Crippen LogP contribution in [0.2, 0.25) is 19.6 Å². The molecule has 2 aromatic rings. The Labute approximate surface area is 126 Å². The van der Waals surface area contributed by atoms with E-state index in [-0.39, 0.29) is 0 Å². The first-order chi connectivity index (χ1) is 9.39. The van der Waals surface area contributed by atoms with Gasteiger partial charge in [0.15, 0.2) is 13.9 Å². The van der Waals surface area contributed by atoms with E-state index < -0.39 is 13.9 Å². The summed E-state index contributed by atoms with van der Waals surface area (Å²) in [5.74, 6) is 6.59. The minimum Gasteiger partial charge on any atom is -0.398 e. The van der Waals surface area contributed by atoms with Gasteiger partial charge in [-0.3, -0.25) is 0 Å². The normalized spacial score (nSPS) is 14.2. The van der Waals surface area contributed by atoms with Gasteiger partial charge < -0.3 is 4.43 Å². The van der Waals surface area contributed by atoms with Gasteiger partial charge in [0.25, 0.3) is 0 Å². The largest absolute Gasteiger partial charge is 0.398 e. The van der Waals surface area contributed by atoms with Crippen LogP contribution in [0.3, 0.4) is 0 Å². The van der Waals surface area contributed by atoms with Gasteiger partial charge in [0.2, 0.25) is 0 Å². The average molecular weight is 300 g/mol. The summed E-state index contributed by atoms with van der Waals surface area (Å²) >= 11 is 1.70. The molecule has 1 atom stereocenters. The summed E-state index contributed by atoms with van der Waals surface area (Å²) in [4.78, 5) is 1.17. The van der Waals surface area contributed by atoms with Crippen molar-refractivity contribution >= 4 is 19.7 Å². The minimum absolute atomic E-state index is 0.519. The van der Waals surface area contributed by atoms with Crippen molar-refractivity contribution in [2.45, 2.75) is 32.2 Å². The van der Waals surface area contributed by atoms with E-state index in [4.69, 9.17) is 4.43 Å². The molecule has 0 aliphatic carbocycles. The third-order valence-electron chi connectivity index (χ3n) is 2.72. The maximum Gasteiger partial charge on any atom is 0.186 e. The molecule has 104 valence electrons. The Morgan fingerprint density at radius 1 is 1.05 bits per heavy atom. The quantitative estimate of drug-likeness (QED) is 0.580. The molecule has 0 spiro atoms. The first-order valence-corrected chi connectivity index (χ1v) is 11.0. The first kappa shape index (κ1) is 15.1. The molecule has 0 fully saturated rings. The first-order valence-electron chi connectivity index (χ1n) is 6.71. The third-order valence-corrected chi connectivity index (χ3v) is 4.81. The number of thiophene rings is 1. The molecule has 1 heterocycles. The summed E-state index contributed by atoms with van der Waals surface area (Å²) in [7, 11) is -1.68. The molecule has 1 aromatic carbocycles. The molecule has 1 unspecified atom stereocenters. The van der Waals surface area contributed by atoms with Crippen LogP contribution >= 0.6 is 11.3 Å². The lowest BCUT2D eigenvalue weighted by Crippen LogP contribution is -2.37. The van der Waals surface area contributed by atoms with E-state index in [0.717, 1.165) is 5.56 Å². The van der Waals surface area contributed by atoms with Gasteiger partial charge in [-0.1, -0.05) is 36.1 Å². The van der Waals surface area contributed by atoms with E-state index in [9.17, 15) is 0 Å². The fourth-order valence-corrected chi connectivity index (χ4v) is 4.25. The molecule has 3 heteroatoms. The molecule has 1 aromatic heterocycles. The zero-order valence-electron chi connectivity index (χ0n) is 12.4. The maximum atomic E-state index is 6.37. The van der Waals surface area contributed by atoms with Gasteiger partial charge in [0, 0.05) is 10.4 Å². The van der Waals surface area contributed by atoms with Gasteiger partial charge in [-0.15, -0.1) is 11.3 Å². The molecule has 0 bridgehead atoms. The molecule has 0 N–H and O–H groups in total. The lowest BCUT2D eigenvalue weighted by Gasteiger charge is -2.31. The molecule has 0 saturated carbocycles. The number of hydrogen-bond acceptors (Lipinski definition) is 2. The second-order valence-corrected chi connectivity index (χ2v) is 11.2. The number of rotatable bonds is 3. The Morgan fingerprint density at radius 2 is 1.75 bits per heavy atom. The van der Waals surface area contributed by atoms with Gasteiger partial charge in [0.05, 0.1) is 0 Å². The summed E-state index contributed by atoms with van der Waals surface area (Å²) in [5, 5.41) is 2.07. The molecule has 0 radical (unpaired) electrons. The molecule has 0 amide bonds. The topological polar surface area (TPSA) is 9.23 Å². The Morgan fingerprint density at radius 3 is 2.30 bits per heavy atom. The van der Waals surface area contributed by atoms with Crippen molar-refractivity contribution in [1.29, 1.82) is 0 Å². The summed E-state index contributed by atoms with van der Waals surface area (Å²) in [6.07, 6.45) is 0. The second kappa shape index (κ2) is 5.97. The van der Waals surface area contributed by atoms with Crippen LogP contribution in [-0.4, -0.2) is 8.32 Å². The Balaban J connectivity index is 2.36. The van der Waals surface area contributed by atoms with E-state index >= 15 is 0 Å². The van der Waals surface area contributed by atoms with Gasteiger partial charge in [-0.05, 0) is 50.1 Å². The maximum absolute atomic E-state index is 6.37. The van der Waals surface area contributed by atoms with Gasteiger partial charge in [-0.25, -0.2) is 0 Å². The highest BCUT2D eigenvalue weighted by Gasteiger charge is 2.32. The highest BCUT2D eigenvalue weighted by Crippen LogP contribution is 2.32. The second-order valence-electron chi connectivity index (χ2n) is 5.84. The molecule has 0 aliphatic heterocycles.